The Bertz CT molecular complexity index is 1140. The van der Waals surface area contributed by atoms with Gasteiger partial charge >= 0.3 is 5.97 Å². The molecule has 0 radical (unpaired) electrons. The second-order valence-corrected chi connectivity index (χ2v) is 10.8. The summed E-state index contributed by atoms with van der Waals surface area (Å²) >= 11 is 0. The maximum Gasteiger partial charge on any atom is 0.325 e. The lowest BCUT2D eigenvalue weighted by molar-refractivity contribution is -0.138. The van der Waals surface area contributed by atoms with Gasteiger partial charge in [0.1, 0.15) is 11.2 Å². The normalized spacial score (nSPS) is 27.4. The molecule has 2 aliphatic rings. The monoisotopic (exact) mass is 484 g/mol. The zero-order valence-corrected chi connectivity index (χ0v) is 21.3. The molecule has 2 saturated carbocycles. The minimum absolute atomic E-state index is 0.0897. The van der Waals surface area contributed by atoms with E-state index in [9.17, 15) is 4.79 Å². The van der Waals surface area contributed by atoms with E-state index in [0.717, 1.165) is 5.92 Å². The molecule has 0 aromatic heterocycles. The minimum atomic E-state index is -1.78. The van der Waals surface area contributed by atoms with Gasteiger partial charge < -0.3 is 4.74 Å². The zero-order chi connectivity index (χ0) is 25.0. The standard InChI is InChI=1S/C33H37FO2/c1-2-3-6-11-25-16-18-26(19-17-25)27-20-22-30(23-21-27)36-31(35)32(28-12-7-4-8-13-28)24-33(32,34)29-14-9-5-10-15-29/h4-5,7-10,12-15,20-23,25-26H,2-3,6,11,16-19,24H2,1H3/t25?,26?,32-,33-/m1/s1. The van der Waals surface area contributed by atoms with E-state index in [-0.39, 0.29) is 6.42 Å². The summed E-state index contributed by atoms with van der Waals surface area (Å²) in [7, 11) is 0. The Hall–Kier alpha value is -2.94. The van der Waals surface area contributed by atoms with Gasteiger partial charge in [0.15, 0.2) is 5.67 Å². The van der Waals surface area contributed by atoms with Crippen LogP contribution in [-0.4, -0.2) is 5.97 Å². The van der Waals surface area contributed by atoms with Crippen molar-refractivity contribution in [2.24, 2.45) is 5.92 Å². The molecule has 0 heterocycles. The number of carbonyl (C=O) groups is 1. The van der Waals surface area contributed by atoms with Crippen LogP contribution in [0.1, 0.15) is 87.3 Å². The van der Waals surface area contributed by atoms with Crippen molar-refractivity contribution in [3.05, 3.63) is 102 Å². The van der Waals surface area contributed by atoms with Gasteiger partial charge in [-0.2, -0.15) is 0 Å². The van der Waals surface area contributed by atoms with Crippen LogP contribution in [0.2, 0.25) is 0 Å². The van der Waals surface area contributed by atoms with Crippen molar-refractivity contribution in [1.82, 2.24) is 0 Å². The number of hydrogen-bond donors (Lipinski definition) is 0. The summed E-state index contributed by atoms with van der Waals surface area (Å²) in [4.78, 5) is 13.6. The molecule has 2 fully saturated rings. The Kier molecular flexibility index (Phi) is 7.27. The first-order valence-corrected chi connectivity index (χ1v) is 13.7. The molecule has 2 atom stereocenters. The van der Waals surface area contributed by atoms with Crippen LogP contribution in [0, 0.1) is 5.92 Å². The van der Waals surface area contributed by atoms with Gasteiger partial charge in [0.2, 0.25) is 0 Å². The van der Waals surface area contributed by atoms with Gasteiger partial charge in [-0.25, -0.2) is 4.39 Å². The van der Waals surface area contributed by atoms with Crippen LogP contribution in [0.4, 0.5) is 4.39 Å². The number of rotatable bonds is 9. The number of ether oxygens (including phenoxy) is 1. The lowest BCUT2D eigenvalue weighted by Crippen LogP contribution is -2.32. The summed E-state index contributed by atoms with van der Waals surface area (Å²) in [6.45, 7) is 2.27. The molecule has 188 valence electrons. The molecule has 0 N–H and O–H groups in total. The first-order valence-electron chi connectivity index (χ1n) is 13.7. The quantitative estimate of drug-likeness (QED) is 0.173. The van der Waals surface area contributed by atoms with Crippen LogP contribution in [0.5, 0.6) is 5.75 Å². The maximum atomic E-state index is 16.3. The van der Waals surface area contributed by atoms with Gasteiger partial charge in [0.05, 0.1) is 0 Å². The molecule has 5 rings (SSSR count). The molecule has 0 unspecified atom stereocenters. The lowest BCUT2D eigenvalue weighted by atomic mass is 9.77. The number of halogens is 1. The SMILES string of the molecule is CCCCCC1CCC(c2ccc(OC(=O)[C@]3(c4ccccc4)C[C@@]3(F)c3ccccc3)cc2)CC1. The summed E-state index contributed by atoms with van der Waals surface area (Å²) in [5, 5.41) is 0. The highest BCUT2D eigenvalue weighted by Crippen LogP contribution is 2.67. The zero-order valence-electron chi connectivity index (χ0n) is 21.3. The highest BCUT2D eigenvalue weighted by molar-refractivity contribution is 5.92. The van der Waals surface area contributed by atoms with E-state index in [1.54, 1.807) is 12.1 Å². The second-order valence-electron chi connectivity index (χ2n) is 10.8. The van der Waals surface area contributed by atoms with Gasteiger partial charge in [0, 0.05) is 6.42 Å². The lowest BCUT2D eigenvalue weighted by Gasteiger charge is -2.29. The molecule has 2 nitrogen and oxygen atoms in total. The van der Waals surface area contributed by atoms with Crippen LogP contribution in [-0.2, 0) is 15.9 Å². The summed E-state index contributed by atoms with van der Waals surface area (Å²) < 4.78 is 22.2. The van der Waals surface area contributed by atoms with E-state index in [0.29, 0.717) is 22.8 Å². The highest BCUT2D eigenvalue weighted by atomic mass is 19.1. The maximum absolute atomic E-state index is 16.3. The van der Waals surface area contributed by atoms with Crippen LogP contribution < -0.4 is 4.74 Å². The Morgan fingerprint density at radius 3 is 2.06 bits per heavy atom. The second kappa shape index (κ2) is 10.6. The highest BCUT2D eigenvalue weighted by Gasteiger charge is 2.76. The van der Waals surface area contributed by atoms with Crippen molar-refractivity contribution in [2.45, 2.75) is 81.7 Å². The number of esters is 1. The Morgan fingerprint density at radius 2 is 1.44 bits per heavy atom. The number of benzene rings is 3. The number of alkyl halides is 1. The van der Waals surface area contributed by atoms with E-state index in [1.807, 2.05) is 60.7 Å². The van der Waals surface area contributed by atoms with Crippen molar-refractivity contribution < 1.29 is 13.9 Å². The number of hydrogen-bond acceptors (Lipinski definition) is 2. The van der Waals surface area contributed by atoms with E-state index in [2.05, 4.69) is 19.1 Å². The molecular weight excluding hydrogens is 447 g/mol. The molecule has 3 heteroatoms. The van der Waals surface area contributed by atoms with Crippen molar-refractivity contribution >= 4 is 5.97 Å². The fourth-order valence-electron chi connectivity index (χ4n) is 6.25. The number of unbranched alkanes of at least 4 members (excludes halogenated alkanes) is 2. The molecular formula is C33H37FO2. The molecule has 0 spiro atoms. The van der Waals surface area contributed by atoms with Crippen LogP contribution in [0.25, 0.3) is 0 Å². The van der Waals surface area contributed by atoms with E-state index in [1.165, 1.54) is 56.9 Å². The fraction of sp³-hybridized carbons (Fsp3) is 0.424. The predicted octanol–water partition coefficient (Wildman–Crippen LogP) is 8.65. The van der Waals surface area contributed by atoms with Gasteiger partial charge in [0.25, 0.3) is 0 Å². The average molecular weight is 485 g/mol. The summed E-state index contributed by atoms with van der Waals surface area (Å²) in [5.74, 6) is 1.41. The molecule has 2 aliphatic carbocycles. The average Bonchev–Trinajstić information content (AvgIpc) is 3.59. The van der Waals surface area contributed by atoms with Gasteiger partial charge in [-0.05, 0) is 66.3 Å². The summed E-state index contributed by atoms with van der Waals surface area (Å²) in [6, 6.07) is 26.2. The molecule has 0 amide bonds. The first-order chi connectivity index (χ1) is 17.6. The number of carbonyl (C=O) groups excluding carboxylic acids is 1. The van der Waals surface area contributed by atoms with Crippen molar-refractivity contribution in [3.63, 3.8) is 0 Å². The van der Waals surface area contributed by atoms with Gasteiger partial charge in [-0.15, -0.1) is 0 Å². The van der Waals surface area contributed by atoms with E-state index in [4.69, 9.17) is 4.74 Å². The smallest absolute Gasteiger partial charge is 0.325 e. The molecule has 3 aromatic rings. The topological polar surface area (TPSA) is 26.3 Å². The predicted molar refractivity (Wildman–Crippen MR) is 143 cm³/mol. The van der Waals surface area contributed by atoms with Crippen molar-refractivity contribution in [2.75, 3.05) is 0 Å². The minimum Gasteiger partial charge on any atom is -0.426 e. The third-order valence-electron chi connectivity index (χ3n) is 8.53. The van der Waals surface area contributed by atoms with E-state index < -0.39 is 17.1 Å². The van der Waals surface area contributed by atoms with E-state index >= 15 is 4.39 Å². The van der Waals surface area contributed by atoms with Crippen LogP contribution >= 0.6 is 0 Å². The fourth-order valence-corrected chi connectivity index (χ4v) is 6.25. The van der Waals surface area contributed by atoms with Crippen molar-refractivity contribution in [3.8, 4) is 5.75 Å². The molecule has 0 saturated heterocycles. The Labute approximate surface area is 214 Å². The molecule has 36 heavy (non-hydrogen) atoms. The third-order valence-corrected chi connectivity index (χ3v) is 8.53. The summed E-state index contributed by atoms with van der Waals surface area (Å²) in [6.07, 6.45) is 10.5. The molecule has 3 aromatic carbocycles. The largest absolute Gasteiger partial charge is 0.426 e. The molecule has 0 aliphatic heterocycles. The molecule has 0 bridgehead atoms. The Morgan fingerprint density at radius 1 is 0.833 bits per heavy atom. The van der Waals surface area contributed by atoms with Gasteiger partial charge in [-0.1, -0.05) is 105 Å². The van der Waals surface area contributed by atoms with Crippen molar-refractivity contribution in [1.29, 1.82) is 0 Å². The van der Waals surface area contributed by atoms with Crippen LogP contribution in [0.15, 0.2) is 84.9 Å². The van der Waals surface area contributed by atoms with Crippen LogP contribution in [0.3, 0.4) is 0 Å². The third kappa shape index (κ3) is 4.73. The Balaban J connectivity index is 1.27. The first kappa shape index (κ1) is 24.7. The summed E-state index contributed by atoms with van der Waals surface area (Å²) in [5.41, 5.74) is -0.609. The van der Waals surface area contributed by atoms with Gasteiger partial charge in [-0.3, -0.25) is 4.79 Å².